The van der Waals surface area contributed by atoms with Crippen LogP contribution in [0.4, 0.5) is 5.69 Å². The molecule has 0 heterocycles. The minimum absolute atomic E-state index is 0.0330. The number of sulfonamides is 1. The first-order valence-corrected chi connectivity index (χ1v) is 12.8. The van der Waals surface area contributed by atoms with Crippen LogP contribution in [0.3, 0.4) is 0 Å². The number of nitrogens with zero attached hydrogens (tertiary/aromatic N) is 1. The zero-order chi connectivity index (χ0) is 23.3. The van der Waals surface area contributed by atoms with Crippen LogP contribution in [-0.2, 0) is 19.6 Å². The van der Waals surface area contributed by atoms with Crippen molar-refractivity contribution in [1.82, 2.24) is 4.90 Å². The summed E-state index contributed by atoms with van der Waals surface area (Å²) in [6.07, 6.45) is 5.20. The molecule has 1 saturated carbocycles. The Morgan fingerprint density at radius 1 is 1.12 bits per heavy atom. The number of anilines is 1. The van der Waals surface area contributed by atoms with Gasteiger partial charge in [-0.3, -0.25) is 9.52 Å². The lowest BCUT2D eigenvalue weighted by Gasteiger charge is -2.31. The molecule has 0 aromatic heterocycles. The second-order valence-corrected chi connectivity index (χ2v) is 10.6. The Balaban J connectivity index is 1.68. The van der Waals surface area contributed by atoms with E-state index in [1.165, 1.54) is 18.6 Å². The van der Waals surface area contributed by atoms with Crippen LogP contribution in [0.1, 0.15) is 42.5 Å². The fourth-order valence-electron chi connectivity index (χ4n) is 3.54. The second kappa shape index (κ2) is 10.7. The van der Waals surface area contributed by atoms with Crippen LogP contribution in [0.15, 0.2) is 51.8 Å². The lowest BCUT2D eigenvalue weighted by molar-refractivity contribution is -0.135. The second-order valence-electron chi connectivity index (χ2n) is 7.63. The van der Waals surface area contributed by atoms with Gasteiger partial charge in [-0.25, -0.2) is 13.2 Å². The first-order chi connectivity index (χ1) is 15.2. The van der Waals surface area contributed by atoms with E-state index < -0.39 is 22.6 Å². The molecule has 10 heteroatoms. The standard InChI is InChI=1S/C22H24BrClN2O5S/c1-26(17-5-3-2-4-6-17)21(27)14-31-22(28)19-13-18(11-12-20(19)24)32(29,30)25-16-9-7-15(23)8-10-16/h7-13,17,25H,2-6,14H2,1H3. The van der Waals surface area contributed by atoms with Gasteiger partial charge in [-0.05, 0) is 55.3 Å². The van der Waals surface area contributed by atoms with Crippen molar-refractivity contribution in [3.63, 3.8) is 0 Å². The molecular weight excluding hydrogens is 520 g/mol. The summed E-state index contributed by atoms with van der Waals surface area (Å²) in [5.41, 5.74) is 0.238. The molecule has 1 aliphatic rings. The predicted molar refractivity (Wildman–Crippen MR) is 126 cm³/mol. The highest BCUT2D eigenvalue weighted by atomic mass is 79.9. The van der Waals surface area contributed by atoms with E-state index >= 15 is 0 Å². The first-order valence-electron chi connectivity index (χ1n) is 10.2. The molecule has 0 radical (unpaired) electrons. The number of hydrogen-bond acceptors (Lipinski definition) is 5. The van der Waals surface area contributed by atoms with Crippen molar-refractivity contribution in [2.24, 2.45) is 0 Å². The molecule has 0 atom stereocenters. The number of ether oxygens (including phenoxy) is 1. The van der Waals surface area contributed by atoms with E-state index in [0.29, 0.717) is 5.69 Å². The van der Waals surface area contributed by atoms with Gasteiger partial charge in [0.2, 0.25) is 0 Å². The summed E-state index contributed by atoms with van der Waals surface area (Å²) in [5, 5.41) is 0.0330. The van der Waals surface area contributed by atoms with E-state index in [0.717, 1.165) is 36.2 Å². The van der Waals surface area contributed by atoms with E-state index in [9.17, 15) is 18.0 Å². The highest BCUT2D eigenvalue weighted by Gasteiger charge is 2.24. The molecule has 0 bridgehead atoms. The number of likely N-dealkylation sites (N-methyl/N-ethyl adjacent to an activating group) is 1. The third kappa shape index (κ3) is 6.24. The molecule has 7 nitrogen and oxygen atoms in total. The Morgan fingerprint density at radius 2 is 1.78 bits per heavy atom. The smallest absolute Gasteiger partial charge is 0.340 e. The van der Waals surface area contributed by atoms with E-state index in [4.69, 9.17) is 16.3 Å². The van der Waals surface area contributed by atoms with Crippen LogP contribution < -0.4 is 4.72 Å². The number of carbonyl (C=O) groups is 2. The topological polar surface area (TPSA) is 92.8 Å². The summed E-state index contributed by atoms with van der Waals surface area (Å²) in [6.45, 7) is -0.434. The van der Waals surface area contributed by atoms with Crippen molar-refractivity contribution in [2.75, 3.05) is 18.4 Å². The van der Waals surface area contributed by atoms with Gasteiger partial charge < -0.3 is 9.64 Å². The summed E-state index contributed by atoms with van der Waals surface area (Å²) < 4.78 is 33.8. The van der Waals surface area contributed by atoms with Crippen molar-refractivity contribution in [2.45, 2.75) is 43.0 Å². The normalized spacial score (nSPS) is 14.6. The number of carbonyl (C=O) groups excluding carboxylic acids is 2. The lowest BCUT2D eigenvalue weighted by Crippen LogP contribution is -2.40. The summed E-state index contributed by atoms with van der Waals surface area (Å²) in [6, 6.07) is 10.5. The average Bonchev–Trinajstić information content (AvgIpc) is 2.78. The molecule has 1 N–H and O–H groups in total. The molecule has 32 heavy (non-hydrogen) atoms. The molecule has 2 aromatic carbocycles. The zero-order valence-corrected chi connectivity index (χ0v) is 20.7. The van der Waals surface area contributed by atoms with Crippen LogP contribution in [-0.4, -0.2) is 44.9 Å². The molecular formula is C22H24BrClN2O5S. The van der Waals surface area contributed by atoms with Crippen LogP contribution >= 0.6 is 27.5 Å². The maximum atomic E-state index is 12.7. The van der Waals surface area contributed by atoms with Crippen molar-refractivity contribution in [3.8, 4) is 0 Å². The SMILES string of the molecule is CN(C(=O)COC(=O)c1cc(S(=O)(=O)Nc2ccc(Br)cc2)ccc1Cl)C1CCCCC1. The van der Waals surface area contributed by atoms with Crippen molar-refractivity contribution >= 4 is 55.1 Å². The highest BCUT2D eigenvalue weighted by molar-refractivity contribution is 9.10. The van der Waals surface area contributed by atoms with Gasteiger partial charge in [0, 0.05) is 23.2 Å². The van der Waals surface area contributed by atoms with Gasteiger partial charge in [-0.15, -0.1) is 0 Å². The molecule has 0 saturated heterocycles. The molecule has 1 amide bonds. The molecule has 1 fully saturated rings. The van der Waals surface area contributed by atoms with Crippen LogP contribution in [0.5, 0.6) is 0 Å². The van der Waals surface area contributed by atoms with E-state index in [-0.39, 0.29) is 27.4 Å². The minimum atomic E-state index is -3.97. The van der Waals surface area contributed by atoms with E-state index in [1.807, 2.05) is 0 Å². The van der Waals surface area contributed by atoms with Gasteiger partial charge in [-0.1, -0.05) is 46.8 Å². The number of halogens is 2. The molecule has 0 aliphatic heterocycles. The summed E-state index contributed by atoms with van der Waals surface area (Å²) in [4.78, 5) is 26.4. The lowest BCUT2D eigenvalue weighted by atomic mass is 9.94. The fraction of sp³-hybridized carbons (Fsp3) is 0.364. The Hall–Kier alpha value is -2.10. The molecule has 172 valence electrons. The Labute approximate surface area is 201 Å². The monoisotopic (exact) mass is 542 g/mol. The predicted octanol–water partition coefficient (Wildman–Crippen LogP) is 4.85. The number of benzene rings is 2. The summed E-state index contributed by atoms with van der Waals surface area (Å²) in [5.74, 6) is -1.16. The number of hydrogen-bond donors (Lipinski definition) is 1. The number of amides is 1. The molecule has 1 aliphatic carbocycles. The van der Waals surface area contributed by atoms with Crippen LogP contribution in [0, 0.1) is 0 Å². The summed E-state index contributed by atoms with van der Waals surface area (Å²) >= 11 is 9.39. The third-order valence-electron chi connectivity index (χ3n) is 5.41. The highest BCUT2D eigenvalue weighted by Crippen LogP contribution is 2.25. The Morgan fingerprint density at radius 3 is 2.44 bits per heavy atom. The fourth-order valence-corrected chi connectivity index (χ4v) is 5.08. The quantitative estimate of drug-likeness (QED) is 0.504. The maximum absolute atomic E-state index is 12.7. The van der Waals surface area contributed by atoms with Gasteiger partial charge >= 0.3 is 5.97 Å². The van der Waals surface area contributed by atoms with Crippen molar-refractivity contribution < 1.29 is 22.7 Å². The number of rotatable bonds is 7. The van der Waals surface area contributed by atoms with Gasteiger partial charge in [0.25, 0.3) is 15.9 Å². The molecule has 0 unspecified atom stereocenters. The first kappa shape index (κ1) is 24.5. The van der Waals surface area contributed by atoms with Gasteiger partial charge in [-0.2, -0.15) is 0 Å². The third-order valence-corrected chi connectivity index (χ3v) is 7.64. The number of nitrogens with one attached hydrogen (secondary N) is 1. The van der Waals surface area contributed by atoms with Crippen molar-refractivity contribution in [1.29, 1.82) is 0 Å². The van der Waals surface area contributed by atoms with Crippen molar-refractivity contribution in [3.05, 3.63) is 57.5 Å². The van der Waals surface area contributed by atoms with E-state index in [2.05, 4.69) is 20.7 Å². The number of esters is 1. The van der Waals surface area contributed by atoms with Crippen LogP contribution in [0.2, 0.25) is 5.02 Å². The summed E-state index contributed by atoms with van der Waals surface area (Å²) in [7, 11) is -2.26. The van der Waals surface area contributed by atoms with Gasteiger partial charge in [0.1, 0.15) is 0 Å². The van der Waals surface area contributed by atoms with Gasteiger partial charge in [0.15, 0.2) is 6.61 Å². The minimum Gasteiger partial charge on any atom is -0.452 e. The Kier molecular flexibility index (Phi) is 8.19. The molecule has 2 aromatic rings. The largest absolute Gasteiger partial charge is 0.452 e. The average molecular weight is 544 g/mol. The Bertz CT molecular complexity index is 1090. The molecule has 3 rings (SSSR count). The van der Waals surface area contributed by atoms with E-state index in [1.54, 1.807) is 36.2 Å². The zero-order valence-electron chi connectivity index (χ0n) is 17.5. The maximum Gasteiger partial charge on any atom is 0.340 e. The molecule has 0 spiro atoms. The van der Waals surface area contributed by atoms with Crippen LogP contribution in [0.25, 0.3) is 0 Å². The van der Waals surface area contributed by atoms with Gasteiger partial charge in [0.05, 0.1) is 15.5 Å².